The van der Waals surface area contributed by atoms with Gasteiger partial charge in [0.05, 0.1) is 0 Å². The van der Waals surface area contributed by atoms with Crippen molar-refractivity contribution in [1.29, 1.82) is 0 Å². The summed E-state index contributed by atoms with van der Waals surface area (Å²) in [6, 6.07) is 0. The molecule has 0 aromatic rings. The van der Waals surface area contributed by atoms with Crippen LogP contribution in [0.15, 0.2) is 36.5 Å². The molecule has 0 aliphatic rings. The molecule has 14 heavy (non-hydrogen) atoms. The maximum atomic E-state index is 3.69. The lowest BCUT2D eigenvalue weighted by Crippen LogP contribution is -2.27. The van der Waals surface area contributed by atoms with E-state index in [2.05, 4.69) is 37.0 Å². The third-order valence-corrected chi connectivity index (χ3v) is 1.78. The highest BCUT2D eigenvalue weighted by molar-refractivity contribution is 5.23. The third kappa shape index (κ3) is 7.77. The molecule has 0 saturated heterocycles. The van der Waals surface area contributed by atoms with Gasteiger partial charge in [-0.3, -0.25) is 0 Å². The first-order valence-corrected chi connectivity index (χ1v) is 5.00. The van der Waals surface area contributed by atoms with Crippen LogP contribution in [0.2, 0.25) is 0 Å². The molecule has 2 heteroatoms. The molecule has 0 aliphatic heterocycles. The largest absolute Gasteiger partial charge is 0.311 e. The molecule has 0 aromatic carbocycles. The molecule has 80 valence electrons. The van der Waals surface area contributed by atoms with Gasteiger partial charge < -0.3 is 10.2 Å². The fourth-order valence-electron chi connectivity index (χ4n) is 1.07. The lowest BCUT2D eigenvalue weighted by atomic mass is 10.2. The summed E-state index contributed by atoms with van der Waals surface area (Å²) in [6.45, 7) is 8.70. The van der Waals surface area contributed by atoms with E-state index in [0.29, 0.717) is 0 Å². The Hall–Kier alpha value is -0.860. The van der Waals surface area contributed by atoms with E-state index in [1.54, 1.807) is 0 Å². The number of likely N-dealkylation sites (N-methyl/N-ethyl adjacent to an activating group) is 1. The van der Waals surface area contributed by atoms with Crippen molar-refractivity contribution in [3.63, 3.8) is 0 Å². The van der Waals surface area contributed by atoms with Gasteiger partial charge in [0.25, 0.3) is 0 Å². The predicted molar refractivity (Wildman–Crippen MR) is 64.5 cm³/mol. The van der Waals surface area contributed by atoms with Crippen molar-refractivity contribution in [2.45, 2.75) is 6.92 Å². The summed E-state index contributed by atoms with van der Waals surface area (Å²) >= 11 is 0. The van der Waals surface area contributed by atoms with Crippen LogP contribution >= 0.6 is 0 Å². The fourth-order valence-corrected chi connectivity index (χ4v) is 1.07. The minimum atomic E-state index is 0.907. The third-order valence-electron chi connectivity index (χ3n) is 1.78. The average Bonchev–Trinajstić information content (AvgIpc) is 2.12. The molecule has 0 aliphatic carbocycles. The van der Waals surface area contributed by atoms with Gasteiger partial charge in [-0.1, -0.05) is 30.9 Å². The zero-order valence-electron chi connectivity index (χ0n) is 9.59. The van der Waals surface area contributed by atoms with Gasteiger partial charge in [0, 0.05) is 19.6 Å². The second-order valence-electron chi connectivity index (χ2n) is 3.46. The molecule has 0 radical (unpaired) electrons. The Bertz CT molecular complexity index is 202. The molecule has 0 atom stereocenters. The van der Waals surface area contributed by atoms with E-state index < -0.39 is 0 Å². The molecular formula is C12H22N2. The molecular weight excluding hydrogens is 172 g/mol. The number of nitrogens with one attached hydrogen (secondary N) is 1. The number of hydrogen-bond donors (Lipinski definition) is 1. The maximum absolute atomic E-state index is 3.69. The molecule has 0 spiro atoms. The summed E-state index contributed by atoms with van der Waals surface area (Å²) < 4.78 is 0. The summed E-state index contributed by atoms with van der Waals surface area (Å²) in [5, 5.41) is 3.38. The molecule has 0 amide bonds. The van der Waals surface area contributed by atoms with E-state index >= 15 is 0 Å². The monoisotopic (exact) mass is 194 g/mol. The zero-order valence-corrected chi connectivity index (χ0v) is 9.59. The van der Waals surface area contributed by atoms with Gasteiger partial charge in [-0.25, -0.2) is 0 Å². The van der Waals surface area contributed by atoms with Gasteiger partial charge in [0.2, 0.25) is 0 Å². The number of nitrogens with zero attached hydrogens (tertiary/aromatic N) is 1. The van der Waals surface area contributed by atoms with Crippen molar-refractivity contribution in [2.24, 2.45) is 0 Å². The lowest BCUT2D eigenvalue weighted by molar-refractivity contribution is 0.404. The first kappa shape index (κ1) is 13.1. The standard InChI is InChI=1S/C12H22N2/c1-5-7-12(8-6-2)11-13-9-10-14(3)4/h5-8,13H,1,9-11H2,2-4H3/b8-6-,12-7+. The molecule has 0 rings (SSSR count). The van der Waals surface area contributed by atoms with Crippen LogP contribution in [-0.2, 0) is 0 Å². The topological polar surface area (TPSA) is 15.3 Å². The van der Waals surface area contributed by atoms with Gasteiger partial charge in [-0.2, -0.15) is 0 Å². The molecule has 0 saturated carbocycles. The Balaban J connectivity index is 3.72. The molecule has 0 bridgehead atoms. The van der Waals surface area contributed by atoms with Crippen molar-refractivity contribution in [1.82, 2.24) is 10.2 Å². The van der Waals surface area contributed by atoms with Crippen LogP contribution in [0, 0.1) is 0 Å². The SMILES string of the molecule is C=C/C=C(\C=C/C)CNCCN(C)C. The number of hydrogen-bond acceptors (Lipinski definition) is 2. The summed E-state index contributed by atoms with van der Waals surface area (Å²) in [5.41, 5.74) is 1.27. The highest BCUT2D eigenvalue weighted by Crippen LogP contribution is 1.95. The average molecular weight is 194 g/mol. The highest BCUT2D eigenvalue weighted by Gasteiger charge is 1.92. The second kappa shape index (κ2) is 8.73. The quantitative estimate of drug-likeness (QED) is 0.491. The van der Waals surface area contributed by atoms with E-state index in [9.17, 15) is 0 Å². The minimum absolute atomic E-state index is 0.907. The number of allylic oxidation sites excluding steroid dienone is 3. The van der Waals surface area contributed by atoms with Gasteiger partial charge >= 0.3 is 0 Å². The van der Waals surface area contributed by atoms with E-state index in [1.165, 1.54) is 5.57 Å². The lowest BCUT2D eigenvalue weighted by Gasteiger charge is -2.10. The maximum Gasteiger partial charge on any atom is 0.0205 e. The fraction of sp³-hybridized carbons (Fsp3) is 0.500. The smallest absolute Gasteiger partial charge is 0.0205 e. The summed E-state index contributed by atoms with van der Waals surface area (Å²) in [6.07, 6.45) is 8.00. The van der Waals surface area contributed by atoms with Crippen LogP contribution < -0.4 is 5.32 Å². The van der Waals surface area contributed by atoms with E-state index in [4.69, 9.17) is 0 Å². The van der Waals surface area contributed by atoms with Crippen molar-refractivity contribution < 1.29 is 0 Å². The Kier molecular flexibility index (Phi) is 8.19. The van der Waals surface area contributed by atoms with E-state index in [-0.39, 0.29) is 0 Å². The molecule has 0 unspecified atom stereocenters. The van der Waals surface area contributed by atoms with Gasteiger partial charge in [-0.05, 0) is 26.6 Å². The van der Waals surface area contributed by atoms with Crippen LogP contribution in [0.25, 0.3) is 0 Å². The van der Waals surface area contributed by atoms with Crippen LogP contribution in [0.5, 0.6) is 0 Å². The van der Waals surface area contributed by atoms with Crippen molar-refractivity contribution in [3.8, 4) is 0 Å². The predicted octanol–water partition coefficient (Wildman–Crippen LogP) is 1.83. The normalized spacial score (nSPS) is 12.7. The van der Waals surface area contributed by atoms with Crippen molar-refractivity contribution in [2.75, 3.05) is 33.7 Å². The van der Waals surface area contributed by atoms with Crippen LogP contribution in [-0.4, -0.2) is 38.6 Å². The summed E-state index contributed by atoms with van der Waals surface area (Å²) in [4.78, 5) is 2.17. The first-order valence-electron chi connectivity index (χ1n) is 5.00. The molecule has 2 nitrogen and oxygen atoms in total. The zero-order chi connectivity index (χ0) is 10.8. The minimum Gasteiger partial charge on any atom is -0.311 e. The van der Waals surface area contributed by atoms with Crippen molar-refractivity contribution >= 4 is 0 Å². The van der Waals surface area contributed by atoms with Gasteiger partial charge in [0.1, 0.15) is 0 Å². The second-order valence-corrected chi connectivity index (χ2v) is 3.46. The Morgan fingerprint density at radius 3 is 2.64 bits per heavy atom. The molecule has 0 heterocycles. The first-order chi connectivity index (χ1) is 6.70. The van der Waals surface area contributed by atoms with Crippen LogP contribution in [0.4, 0.5) is 0 Å². The van der Waals surface area contributed by atoms with Crippen molar-refractivity contribution in [3.05, 3.63) is 36.5 Å². The van der Waals surface area contributed by atoms with E-state index in [1.807, 2.05) is 25.2 Å². The summed E-state index contributed by atoms with van der Waals surface area (Å²) in [7, 11) is 4.15. The van der Waals surface area contributed by atoms with Crippen LogP contribution in [0.3, 0.4) is 0 Å². The van der Waals surface area contributed by atoms with Crippen LogP contribution in [0.1, 0.15) is 6.92 Å². The Morgan fingerprint density at radius 2 is 2.14 bits per heavy atom. The van der Waals surface area contributed by atoms with Gasteiger partial charge in [0.15, 0.2) is 0 Å². The Labute approximate surface area is 88.0 Å². The van der Waals surface area contributed by atoms with Gasteiger partial charge in [-0.15, -0.1) is 0 Å². The Morgan fingerprint density at radius 1 is 1.43 bits per heavy atom. The molecule has 0 aromatic heterocycles. The number of rotatable bonds is 7. The summed E-state index contributed by atoms with van der Waals surface area (Å²) in [5.74, 6) is 0. The molecule has 1 N–H and O–H groups in total. The molecule has 0 fully saturated rings. The highest BCUT2D eigenvalue weighted by atomic mass is 15.1. The van der Waals surface area contributed by atoms with E-state index in [0.717, 1.165) is 19.6 Å².